The molecule has 21 heavy (non-hydrogen) atoms. The van der Waals surface area contributed by atoms with Crippen LogP contribution in [0.1, 0.15) is 31.9 Å². The van der Waals surface area contributed by atoms with E-state index in [1.54, 1.807) is 39.0 Å². The fraction of sp³-hybridized carbons (Fsp3) is 0.438. The first-order valence-electron chi connectivity index (χ1n) is 6.85. The van der Waals surface area contributed by atoms with E-state index in [1.807, 2.05) is 0 Å². The van der Waals surface area contributed by atoms with Gasteiger partial charge in [-0.15, -0.1) is 0 Å². The van der Waals surface area contributed by atoms with Gasteiger partial charge in [-0.1, -0.05) is 12.6 Å². The molecule has 5 nitrogen and oxygen atoms in total. The van der Waals surface area contributed by atoms with E-state index in [1.165, 1.54) is 4.90 Å². The third-order valence-corrected chi connectivity index (χ3v) is 3.33. The summed E-state index contributed by atoms with van der Waals surface area (Å²) in [6.07, 6.45) is -0.0545. The van der Waals surface area contributed by atoms with Crippen molar-refractivity contribution in [3.63, 3.8) is 0 Å². The Hall–Kier alpha value is -2.17. The van der Waals surface area contributed by atoms with Crippen LogP contribution in [0.25, 0.3) is 0 Å². The lowest BCUT2D eigenvalue weighted by Crippen LogP contribution is -2.47. The number of ether oxygens (including phenoxy) is 1. The van der Waals surface area contributed by atoms with Gasteiger partial charge in [-0.3, -0.25) is 4.90 Å². The zero-order chi connectivity index (χ0) is 15.8. The molecule has 0 radical (unpaired) electrons. The highest BCUT2D eigenvalue weighted by Crippen LogP contribution is 2.29. The van der Waals surface area contributed by atoms with E-state index >= 15 is 0 Å². The summed E-state index contributed by atoms with van der Waals surface area (Å²) >= 11 is 0. The highest BCUT2D eigenvalue weighted by molar-refractivity contribution is 5.70. The van der Waals surface area contributed by atoms with E-state index in [4.69, 9.17) is 4.74 Å². The van der Waals surface area contributed by atoms with Crippen LogP contribution in [0.4, 0.5) is 4.79 Å². The molecule has 1 aliphatic rings. The molecule has 114 valence electrons. The molecule has 0 spiro atoms. The average molecular weight is 291 g/mol. The Morgan fingerprint density at radius 3 is 2.62 bits per heavy atom. The number of phenols is 1. The fourth-order valence-corrected chi connectivity index (χ4v) is 2.38. The molecule has 0 aliphatic carbocycles. The average Bonchev–Trinajstić information content (AvgIpc) is 2.34. The Morgan fingerprint density at radius 2 is 2.05 bits per heavy atom. The minimum absolute atomic E-state index is 0.0698. The molecule has 0 fully saturated rings. The first kappa shape index (κ1) is 15.2. The van der Waals surface area contributed by atoms with Gasteiger partial charge in [0.25, 0.3) is 0 Å². The summed E-state index contributed by atoms with van der Waals surface area (Å²) in [5.41, 5.74) is 1.21. The molecule has 0 bridgehead atoms. The molecule has 1 heterocycles. The van der Waals surface area contributed by atoms with Crippen LogP contribution in [-0.4, -0.2) is 32.8 Å². The van der Waals surface area contributed by atoms with Crippen LogP contribution in [0.3, 0.4) is 0 Å². The molecule has 1 aromatic rings. The van der Waals surface area contributed by atoms with Gasteiger partial charge in [0, 0.05) is 6.42 Å². The first-order valence-corrected chi connectivity index (χ1v) is 6.85. The third kappa shape index (κ3) is 3.48. The number of phenolic OH excluding ortho intramolecular Hbond substituents is 1. The van der Waals surface area contributed by atoms with Crippen LogP contribution in [0.5, 0.6) is 5.75 Å². The van der Waals surface area contributed by atoms with Crippen molar-refractivity contribution >= 4 is 6.09 Å². The van der Waals surface area contributed by atoms with Crippen LogP contribution in [0.2, 0.25) is 0 Å². The maximum Gasteiger partial charge on any atom is 0.411 e. The topological polar surface area (TPSA) is 70.0 Å². The van der Waals surface area contributed by atoms with Gasteiger partial charge in [0.15, 0.2) is 0 Å². The third-order valence-electron chi connectivity index (χ3n) is 3.33. The van der Waals surface area contributed by atoms with Gasteiger partial charge in [0.2, 0.25) is 0 Å². The Balaban J connectivity index is 2.30. The van der Waals surface area contributed by atoms with Gasteiger partial charge in [0.1, 0.15) is 17.1 Å². The van der Waals surface area contributed by atoms with Crippen molar-refractivity contribution in [1.29, 1.82) is 0 Å². The molecule has 1 aromatic carbocycles. The summed E-state index contributed by atoms with van der Waals surface area (Å²) in [6, 6.07) is 4.51. The zero-order valence-electron chi connectivity index (χ0n) is 12.6. The number of aromatic hydroxyl groups is 1. The maximum absolute atomic E-state index is 12.3. The van der Waals surface area contributed by atoms with E-state index < -0.39 is 17.7 Å². The first-order chi connectivity index (χ1) is 9.67. The second kappa shape index (κ2) is 5.31. The van der Waals surface area contributed by atoms with Gasteiger partial charge in [0.05, 0.1) is 12.6 Å². The fourth-order valence-electron chi connectivity index (χ4n) is 2.38. The van der Waals surface area contributed by atoms with E-state index in [9.17, 15) is 15.0 Å². The van der Waals surface area contributed by atoms with Crippen molar-refractivity contribution in [3.05, 3.63) is 41.7 Å². The molecule has 0 saturated heterocycles. The molecular formula is C16H21NO4. The SMILES string of the molecule is C=C(O)[C@@H]1Cc2ccc(O)cc2CN1C(=O)OC(C)(C)C. The molecule has 0 unspecified atom stereocenters. The number of amides is 1. The summed E-state index contributed by atoms with van der Waals surface area (Å²) in [6.45, 7) is 9.19. The number of benzene rings is 1. The van der Waals surface area contributed by atoms with Crippen LogP contribution < -0.4 is 0 Å². The van der Waals surface area contributed by atoms with Crippen molar-refractivity contribution in [2.24, 2.45) is 0 Å². The summed E-state index contributed by atoms with van der Waals surface area (Å²) in [4.78, 5) is 13.8. The van der Waals surface area contributed by atoms with Crippen LogP contribution in [0, 0.1) is 0 Å². The Labute approximate surface area is 124 Å². The van der Waals surface area contributed by atoms with Gasteiger partial charge in [-0.25, -0.2) is 4.79 Å². The Morgan fingerprint density at radius 1 is 1.38 bits per heavy atom. The number of nitrogens with zero attached hydrogens (tertiary/aromatic N) is 1. The van der Waals surface area contributed by atoms with E-state index in [0.717, 1.165) is 11.1 Å². The smallest absolute Gasteiger partial charge is 0.411 e. The molecule has 5 heteroatoms. The number of fused-ring (bicyclic) bond motifs is 1. The monoisotopic (exact) mass is 291 g/mol. The lowest BCUT2D eigenvalue weighted by atomic mass is 9.93. The number of aliphatic hydroxyl groups is 1. The van der Waals surface area contributed by atoms with Gasteiger partial charge in [-0.2, -0.15) is 0 Å². The predicted octanol–water partition coefficient (Wildman–Crippen LogP) is 3.13. The molecule has 0 aromatic heterocycles. The second-order valence-corrected chi connectivity index (χ2v) is 6.27. The maximum atomic E-state index is 12.3. The molecule has 1 amide bonds. The van der Waals surface area contributed by atoms with Crippen LogP contribution in [-0.2, 0) is 17.7 Å². The normalized spacial score (nSPS) is 18.0. The van der Waals surface area contributed by atoms with Crippen molar-refractivity contribution in [1.82, 2.24) is 4.90 Å². The molecule has 1 aliphatic heterocycles. The molecule has 2 N–H and O–H groups in total. The zero-order valence-corrected chi connectivity index (χ0v) is 12.6. The number of carbonyl (C=O) groups is 1. The number of hydrogen-bond acceptors (Lipinski definition) is 4. The summed E-state index contributed by atoms with van der Waals surface area (Å²) in [5.74, 6) is 0.0822. The van der Waals surface area contributed by atoms with Crippen molar-refractivity contribution in [2.75, 3.05) is 0 Å². The van der Waals surface area contributed by atoms with E-state index in [-0.39, 0.29) is 18.1 Å². The van der Waals surface area contributed by atoms with E-state index in [0.29, 0.717) is 6.42 Å². The van der Waals surface area contributed by atoms with Gasteiger partial charge < -0.3 is 14.9 Å². The Bertz CT molecular complexity index is 574. The molecule has 0 saturated carbocycles. The minimum Gasteiger partial charge on any atom is -0.511 e. The highest BCUT2D eigenvalue weighted by atomic mass is 16.6. The largest absolute Gasteiger partial charge is 0.511 e. The summed E-state index contributed by atoms with van der Waals surface area (Å²) in [7, 11) is 0. The van der Waals surface area contributed by atoms with Crippen molar-refractivity contribution in [3.8, 4) is 5.75 Å². The van der Waals surface area contributed by atoms with Gasteiger partial charge in [-0.05, 0) is 44.0 Å². The lowest BCUT2D eigenvalue weighted by molar-refractivity contribution is 0.0116. The quantitative estimate of drug-likeness (QED) is 0.780. The number of rotatable bonds is 1. The van der Waals surface area contributed by atoms with Crippen LogP contribution in [0.15, 0.2) is 30.5 Å². The van der Waals surface area contributed by atoms with E-state index in [2.05, 4.69) is 6.58 Å². The van der Waals surface area contributed by atoms with Crippen molar-refractivity contribution in [2.45, 2.75) is 45.4 Å². The van der Waals surface area contributed by atoms with Crippen molar-refractivity contribution < 1.29 is 19.7 Å². The molecular weight excluding hydrogens is 270 g/mol. The van der Waals surface area contributed by atoms with Crippen LogP contribution >= 0.6 is 0 Å². The molecule has 2 rings (SSSR count). The molecule has 1 atom stereocenters. The standard InChI is InChI=1S/C16H21NO4/c1-10(18)14-8-11-5-6-13(19)7-12(11)9-17(14)15(20)21-16(2,3)4/h5-7,14,18-19H,1,8-9H2,2-4H3/t14-/m0/s1. The number of hydrogen-bond donors (Lipinski definition) is 2. The number of carbonyl (C=O) groups excluding carboxylic acids is 1. The van der Waals surface area contributed by atoms with Gasteiger partial charge >= 0.3 is 6.09 Å². The minimum atomic E-state index is -0.614. The lowest BCUT2D eigenvalue weighted by Gasteiger charge is -2.37. The highest BCUT2D eigenvalue weighted by Gasteiger charge is 2.34. The summed E-state index contributed by atoms with van der Waals surface area (Å²) < 4.78 is 5.38. The predicted molar refractivity (Wildman–Crippen MR) is 79.1 cm³/mol. The second-order valence-electron chi connectivity index (χ2n) is 6.27. The summed E-state index contributed by atoms with van der Waals surface area (Å²) in [5, 5.41) is 19.4. The Kier molecular flexibility index (Phi) is 3.85. The number of aliphatic hydroxyl groups excluding tert-OH is 1.